The van der Waals surface area contributed by atoms with Crippen LogP contribution in [0.15, 0.2) is 18.5 Å². The number of aryl methyl sites for hydroxylation is 1. The Kier molecular flexibility index (Phi) is 2.56. The fourth-order valence-corrected chi connectivity index (χ4v) is 2.24. The number of nitrogens with zero attached hydrogens (tertiary/aromatic N) is 2. The molecular weight excluding hydrogens is 254 g/mol. The van der Waals surface area contributed by atoms with Gasteiger partial charge in [-0.1, -0.05) is 11.6 Å². The van der Waals surface area contributed by atoms with E-state index in [0.29, 0.717) is 28.0 Å². The molecule has 0 atom stereocenters. The molecule has 5 nitrogen and oxygen atoms in total. The fraction of sp³-hybridized carbons (Fsp3) is 0.250. The van der Waals surface area contributed by atoms with Gasteiger partial charge in [0.1, 0.15) is 11.5 Å². The molecule has 6 heteroatoms. The average Bonchev–Trinajstić information content (AvgIpc) is 2.95. The van der Waals surface area contributed by atoms with Crippen molar-refractivity contribution in [1.82, 2.24) is 9.55 Å². The predicted molar refractivity (Wildman–Crippen MR) is 68.9 cm³/mol. The Hall–Kier alpha value is -1.88. The lowest BCUT2D eigenvalue weighted by molar-refractivity contribution is 0.174. The third-order valence-corrected chi connectivity index (χ3v) is 3.20. The van der Waals surface area contributed by atoms with E-state index < -0.39 is 0 Å². The summed E-state index contributed by atoms with van der Waals surface area (Å²) in [6.45, 7) is 2.98. The van der Waals surface area contributed by atoms with Crippen LogP contribution in [0.4, 0.5) is 5.82 Å². The molecule has 0 bridgehead atoms. The Bertz CT molecular complexity index is 610. The Morgan fingerprint density at radius 1 is 1.44 bits per heavy atom. The Morgan fingerprint density at radius 3 is 3.00 bits per heavy atom. The van der Waals surface area contributed by atoms with Crippen LogP contribution in [-0.2, 0) is 6.54 Å². The highest BCUT2D eigenvalue weighted by atomic mass is 35.5. The van der Waals surface area contributed by atoms with Gasteiger partial charge in [0.25, 0.3) is 0 Å². The number of hydrogen-bond donors (Lipinski definition) is 1. The van der Waals surface area contributed by atoms with Crippen molar-refractivity contribution in [3.8, 4) is 22.8 Å². The molecule has 3 rings (SSSR count). The summed E-state index contributed by atoms with van der Waals surface area (Å²) in [4.78, 5) is 4.31. The standard InChI is InChI=1S/C12H12ClN3O2/c1-2-16-5-15-10(12(16)14)7-3-8(13)11-9(4-7)17-6-18-11/h3-5H,2,6,14H2,1H3. The molecular formula is C12H12ClN3O2. The number of nitrogens with two attached hydrogens (primary N) is 1. The summed E-state index contributed by atoms with van der Waals surface area (Å²) in [7, 11) is 0. The van der Waals surface area contributed by atoms with E-state index in [0.717, 1.165) is 12.1 Å². The van der Waals surface area contributed by atoms with Gasteiger partial charge in [-0.15, -0.1) is 0 Å². The van der Waals surface area contributed by atoms with Gasteiger partial charge in [0.2, 0.25) is 6.79 Å². The lowest BCUT2D eigenvalue weighted by Crippen LogP contribution is -1.99. The van der Waals surface area contributed by atoms with Crippen LogP contribution < -0.4 is 15.2 Å². The quantitative estimate of drug-likeness (QED) is 0.906. The molecule has 2 heterocycles. The Labute approximate surface area is 109 Å². The van der Waals surface area contributed by atoms with Gasteiger partial charge in [-0.05, 0) is 19.1 Å². The van der Waals surface area contributed by atoms with E-state index in [9.17, 15) is 0 Å². The summed E-state index contributed by atoms with van der Waals surface area (Å²) in [6, 6.07) is 3.63. The summed E-state index contributed by atoms with van der Waals surface area (Å²) in [5, 5.41) is 0.505. The van der Waals surface area contributed by atoms with Crippen molar-refractivity contribution in [1.29, 1.82) is 0 Å². The molecule has 18 heavy (non-hydrogen) atoms. The zero-order chi connectivity index (χ0) is 12.7. The maximum atomic E-state index is 6.14. The average molecular weight is 266 g/mol. The Balaban J connectivity index is 2.12. The zero-order valence-electron chi connectivity index (χ0n) is 9.81. The van der Waals surface area contributed by atoms with Crippen molar-refractivity contribution in [2.24, 2.45) is 0 Å². The van der Waals surface area contributed by atoms with Crippen LogP contribution >= 0.6 is 11.6 Å². The van der Waals surface area contributed by atoms with E-state index in [-0.39, 0.29) is 6.79 Å². The second kappa shape index (κ2) is 4.10. The molecule has 0 aliphatic carbocycles. The third-order valence-electron chi connectivity index (χ3n) is 2.92. The molecule has 0 fully saturated rings. The first-order chi connectivity index (χ1) is 8.70. The fourth-order valence-electron chi connectivity index (χ4n) is 1.97. The molecule has 1 aliphatic rings. The summed E-state index contributed by atoms with van der Waals surface area (Å²) in [6.07, 6.45) is 1.71. The predicted octanol–water partition coefficient (Wildman–Crippen LogP) is 2.53. The highest BCUT2D eigenvalue weighted by Crippen LogP contribution is 2.42. The van der Waals surface area contributed by atoms with Gasteiger partial charge in [0.05, 0.1) is 11.3 Å². The van der Waals surface area contributed by atoms with E-state index >= 15 is 0 Å². The lowest BCUT2D eigenvalue weighted by Gasteiger charge is -2.05. The van der Waals surface area contributed by atoms with Gasteiger partial charge in [-0.25, -0.2) is 4.98 Å². The molecule has 1 aromatic carbocycles. The molecule has 0 amide bonds. The molecule has 0 radical (unpaired) electrons. The topological polar surface area (TPSA) is 62.3 Å². The first-order valence-corrected chi connectivity index (χ1v) is 5.98. The smallest absolute Gasteiger partial charge is 0.231 e. The van der Waals surface area contributed by atoms with Crippen molar-refractivity contribution >= 4 is 17.4 Å². The van der Waals surface area contributed by atoms with Crippen molar-refractivity contribution in [3.05, 3.63) is 23.5 Å². The summed E-state index contributed by atoms with van der Waals surface area (Å²) >= 11 is 6.14. The molecule has 94 valence electrons. The molecule has 1 aromatic heterocycles. The highest BCUT2D eigenvalue weighted by molar-refractivity contribution is 6.32. The number of aromatic nitrogens is 2. The first-order valence-electron chi connectivity index (χ1n) is 5.60. The molecule has 2 N–H and O–H groups in total. The normalized spacial score (nSPS) is 13.0. The number of nitrogen functional groups attached to an aromatic ring is 1. The van der Waals surface area contributed by atoms with Gasteiger partial charge in [-0.2, -0.15) is 0 Å². The number of anilines is 1. The lowest BCUT2D eigenvalue weighted by atomic mass is 10.1. The first kappa shape index (κ1) is 11.2. The maximum absolute atomic E-state index is 6.14. The number of hydrogen-bond acceptors (Lipinski definition) is 4. The molecule has 2 aromatic rings. The summed E-state index contributed by atoms with van der Waals surface area (Å²) < 4.78 is 12.5. The summed E-state index contributed by atoms with van der Waals surface area (Å²) in [5.41, 5.74) is 7.56. The second-order valence-electron chi connectivity index (χ2n) is 3.96. The largest absolute Gasteiger partial charge is 0.454 e. The number of imidazole rings is 1. The number of ether oxygens (including phenoxy) is 2. The van der Waals surface area contributed by atoms with Gasteiger partial charge in [-0.3, -0.25) is 0 Å². The molecule has 1 aliphatic heterocycles. The minimum Gasteiger partial charge on any atom is -0.454 e. The monoisotopic (exact) mass is 265 g/mol. The minimum absolute atomic E-state index is 0.192. The number of rotatable bonds is 2. The van der Waals surface area contributed by atoms with Crippen molar-refractivity contribution in [2.75, 3.05) is 12.5 Å². The van der Waals surface area contributed by atoms with E-state index in [1.54, 1.807) is 12.4 Å². The maximum Gasteiger partial charge on any atom is 0.231 e. The molecule has 0 saturated carbocycles. The third kappa shape index (κ3) is 1.59. The van der Waals surface area contributed by atoms with E-state index in [1.165, 1.54) is 0 Å². The highest BCUT2D eigenvalue weighted by Gasteiger charge is 2.20. The van der Waals surface area contributed by atoms with Crippen molar-refractivity contribution < 1.29 is 9.47 Å². The van der Waals surface area contributed by atoms with Crippen molar-refractivity contribution in [3.63, 3.8) is 0 Å². The van der Waals surface area contributed by atoms with Crippen LogP contribution in [0.1, 0.15) is 6.92 Å². The van der Waals surface area contributed by atoms with Crippen LogP contribution in [-0.4, -0.2) is 16.3 Å². The number of fused-ring (bicyclic) bond motifs is 1. The minimum atomic E-state index is 0.192. The van der Waals surface area contributed by atoms with Gasteiger partial charge in [0, 0.05) is 12.1 Å². The van der Waals surface area contributed by atoms with Gasteiger partial charge < -0.3 is 19.8 Å². The van der Waals surface area contributed by atoms with Crippen LogP contribution in [0.2, 0.25) is 5.02 Å². The molecule has 0 saturated heterocycles. The second-order valence-corrected chi connectivity index (χ2v) is 4.36. The van der Waals surface area contributed by atoms with E-state index in [2.05, 4.69) is 4.98 Å². The van der Waals surface area contributed by atoms with E-state index in [4.69, 9.17) is 26.8 Å². The van der Waals surface area contributed by atoms with Crippen LogP contribution in [0.3, 0.4) is 0 Å². The zero-order valence-corrected chi connectivity index (χ0v) is 10.6. The molecule has 0 unspecified atom stereocenters. The van der Waals surface area contributed by atoms with Crippen molar-refractivity contribution in [2.45, 2.75) is 13.5 Å². The Morgan fingerprint density at radius 2 is 2.28 bits per heavy atom. The SMILES string of the molecule is CCn1cnc(-c2cc(Cl)c3c(c2)OCO3)c1N. The van der Waals surface area contributed by atoms with Crippen LogP contribution in [0.25, 0.3) is 11.3 Å². The van der Waals surface area contributed by atoms with Gasteiger partial charge in [0.15, 0.2) is 11.5 Å². The van der Waals surface area contributed by atoms with Crippen LogP contribution in [0.5, 0.6) is 11.5 Å². The van der Waals surface area contributed by atoms with Crippen LogP contribution in [0, 0.1) is 0 Å². The van der Waals surface area contributed by atoms with Gasteiger partial charge >= 0.3 is 0 Å². The molecule has 0 spiro atoms. The number of halogens is 1. The summed E-state index contributed by atoms with van der Waals surface area (Å²) in [5.74, 6) is 1.82. The van der Waals surface area contributed by atoms with E-state index in [1.807, 2.05) is 17.6 Å². The number of benzene rings is 1.